The van der Waals surface area contributed by atoms with E-state index < -0.39 is 0 Å². The molecule has 0 bridgehead atoms. The third-order valence-electron chi connectivity index (χ3n) is 2.90. The molecule has 1 aromatic carbocycles. The van der Waals surface area contributed by atoms with Gasteiger partial charge in [-0.1, -0.05) is 30.3 Å². The molecule has 0 aromatic heterocycles. The summed E-state index contributed by atoms with van der Waals surface area (Å²) >= 11 is 0. The van der Waals surface area contributed by atoms with Gasteiger partial charge in [0.05, 0.1) is 0 Å². The lowest BCUT2D eigenvalue weighted by Gasteiger charge is -2.15. The van der Waals surface area contributed by atoms with Crippen LogP contribution in [0.5, 0.6) is 0 Å². The molecule has 0 aliphatic heterocycles. The molecule has 1 aliphatic rings. The van der Waals surface area contributed by atoms with E-state index in [9.17, 15) is 0 Å². The number of rotatable bonds is 3. The molecule has 1 atom stereocenters. The summed E-state index contributed by atoms with van der Waals surface area (Å²) in [6.07, 6.45) is 4.28. The Kier molecular flexibility index (Phi) is 2.69. The van der Waals surface area contributed by atoms with Crippen LogP contribution in [0.4, 0.5) is 0 Å². The number of nitrogens with one attached hydrogen (secondary N) is 1. The average molecular weight is 187 g/mol. The Balaban J connectivity index is 2.01. The zero-order valence-corrected chi connectivity index (χ0v) is 8.66. The maximum absolute atomic E-state index is 3.79. The van der Waals surface area contributed by atoms with Crippen molar-refractivity contribution in [1.29, 1.82) is 0 Å². The van der Waals surface area contributed by atoms with Gasteiger partial charge in [0.2, 0.25) is 0 Å². The van der Waals surface area contributed by atoms with Crippen LogP contribution in [0.1, 0.15) is 18.1 Å². The van der Waals surface area contributed by atoms with Crippen molar-refractivity contribution >= 4 is 0 Å². The summed E-state index contributed by atoms with van der Waals surface area (Å²) in [6.45, 7) is 5.94. The van der Waals surface area contributed by atoms with E-state index in [0.29, 0.717) is 12.1 Å². The zero-order chi connectivity index (χ0) is 9.97. The fourth-order valence-corrected chi connectivity index (χ4v) is 2.12. The highest BCUT2D eigenvalue weighted by Crippen LogP contribution is 2.21. The topological polar surface area (TPSA) is 12.0 Å². The van der Waals surface area contributed by atoms with Gasteiger partial charge in [-0.25, -0.2) is 0 Å². The van der Waals surface area contributed by atoms with Crippen molar-refractivity contribution in [3.63, 3.8) is 0 Å². The first kappa shape index (κ1) is 9.47. The molecule has 0 amide bonds. The Bertz CT molecular complexity index is 305. The smallest absolute Gasteiger partial charge is 0.0221 e. The van der Waals surface area contributed by atoms with Gasteiger partial charge < -0.3 is 5.32 Å². The highest BCUT2D eigenvalue weighted by molar-refractivity contribution is 5.33. The summed E-state index contributed by atoms with van der Waals surface area (Å²) in [5.74, 6) is 0. The highest BCUT2D eigenvalue weighted by atomic mass is 14.9. The molecule has 0 saturated carbocycles. The Hall–Kier alpha value is -1.08. The van der Waals surface area contributed by atoms with E-state index in [0.717, 1.165) is 12.8 Å². The minimum atomic E-state index is 0.411. The zero-order valence-electron chi connectivity index (χ0n) is 8.66. The summed E-state index contributed by atoms with van der Waals surface area (Å²) in [7, 11) is 0. The van der Waals surface area contributed by atoms with Crippen molar-refractivity contribution in [3.05, 3.63) is 48.0 Å². The highest BCUT2D eigenvalue weighted by Gasteiger charge is 2.20. The van der Waals surface area contributed by atoms with Crippen molar-refractivity contribution in [2.24, 2.45) is 0 Å². The molecular weight excluding hydrogens is 170 g/mol. The molecule has 14 heavy (non-hydrogen) atoms. The first-order chi connectivity index (χ1) is 6.79. The van der Waals surface area contributed by atoms with E-state index in [2.05, 4.69) is 43.1 Å². The van der Waals surface area contributed by atoms with Crippen molar-refractivity contribution in [1.82, 2.24) is 5.32 Å². The first-order valence-electron chi connectivity index (χ1n) is 5.25. The molecular formula is C13H17N. The van der Waals surface area contributed by atoms with Crippen LogP contribution in [0.2, 0.25) is 0 Å². The van der Waals surface area contributed by atoms with E-state index in [1.165, 1.54) is 11.1 Å². The van der Waals surface area contributed by atoms with Gasteiger partial charge >= 0.3 is 0 Å². The van der Waals surface area contributed by atoms with Gasteiger partial charge in [-0.3, -0.25) is 0 Å². The summed E-state index contributed by atoms with van der Waals surface area (Å²) in [6, 6.07) is 9.72. The molecule has 0 radical (unpaired) electrons. The van der Waals surface area contributed by atoms with Gasteiger partial charge in [0.1, 0.15) is 0 Å². The fraction of sp³-hybridized carbons (Fsp3) is 0.385. The summed E-state index contributed by atoms with van der Waals surface area (Å²) in [4.78, 5) is 0. The molecule has 1 N–H and O–H groups in total. The summed E-state index contributed by atoms with van der Waals surface area (Å²) in [5, 5.41) is 3.56. The van der Waals surface area contributed by atoms with E-state index >= 15 is 0 Å². The average Bonchev–Trinajstić information content (AvgIpc) is 2.59. The Morgan fingerprint density at radius 1 is 1.36 bits per heavy atom. The minimum absolute atomic E-state index is 0.411. The molecule has 74 valence electrons. The molecule has 1 aliphatic carbocycles. The second kappa shape index (κ2) is 3.97. The molecule has 0 saturated heterocycles. The van der Waals surface area contributed by atoms with E-state index in [1.807, 2.05) is 6.08 Å². The first-order valence-corrected chi connectivity index (χ1v) is 5.25. The molecule has 1 unspecified atom stereocenters. The summed E-state index contributed by atoms with van der Waals surface area (Å²) < 4.78 is 0. The predicted octanol–water partition coefficient (Wildman–Crippen LogP) is 2.32. The number of fused-ring (bicyclic) bond motifs is 1. The maximum atomic E-state index is 3.79. The third-order valence-corrected chi connectivity index (χ3v) is 2.90. The molecule has 0 fully saturated rings. The van der Waals surface area contributed by atoms with Gasteiger partial charge in [0.15, 0.2) is 0 Å². The van der Waals surface area contributed by atoms with Crippen molar-refractivity contribution in [3.8, 4) is 0 Å². The second-order valence-electron chi connectivity index (χ2n) is 4.06. The molecule has 1 aromatic rings. The predicted molar refractivity (Wildman–Crippen MR) is 60.4 cm³/mol. The van der Waals surface area contributed by atoms with Crippen LogP contribution in [0.25, 0.3) is 0 Å². The lowest BCUT2D eigenvalue weighted by atomic mass is 10.1. The van der Waals surface area contributed by atoms with Crippen molar-refractivity contribution in [2.75, 3.05) is 0 Å². The third kappa shape index (κ3) is 1.88. The van der Waals surface area contributed by atoms with Gasteiger partial charge in [-0.2, -0.15) is 0 Å². The van der Waals surface area contributed by atoms with Crippen LogP contribution in [-0.4, -0.2) is 12.1 Å². The SMILES string of the molecule is C=CC(C)NC1Cc2ccccc2C1. The van der Waals surface area contributed by atoms with E-state index in [1.54, 1.807) is 0 Å². The number of benzene rings is 1. The minimum Gasteiger partial charge on any atom is -0.307 e. The normalized spacial score (nSPS) is 17.8. The molecule has 0 heterocycles. The Morgan fingerprint density at radius 2 is 1.93 bits per heavy atom. The summed E-state index contributed by atoms with van der Waals surface area (Å²) in [5.41, 5.74) is 3.00. The lowest BCUT2D eigenvalue weighted by molar-refractivity contribution is 0.503. The van der Waals surface area contributed by atoms with Crippen LogP contribution in [0.15, 0.2) is 36.9 Å². The standard InChI is InChI=1S/C13H17N/c1-3-10(2)14-13-8-11-6-4-5-7-12(11)9-13/h3-7,10,13-14H,1,8-9H2,2H3. The molecule has 0 spiro atoms. The lowest BCUT2D eigenvalue weighted by Crippen LogP contribution is -2.35. The molecule has 1 nitrogen and oxygen atoms in total. The van der Waals surface area contributed by atoms with Gasteiger partial charge in [0.25, 0.3) is 0 Å². The fourth-order valence-electron chi connectivity index (χ4n) is 2.12. The van der Waals surface area contributed by atoms with Crippen molar-refractivity contribution in [2.45, 2.75) is 31.8 Å². The van der Waals surface area contributed by atoms with Gasteiger partial charge in [-0.05, 0) is 30.9 Å². The van der Waals surface area contributed by atoms with Gasteiger partial charge in [0, 0.05) is 12.1 Å². The number of hydrogen-bond acceptors (Lipinski definition) is 1. The Morgan fingerprint density at radius 3 is 2.43 bits per heavy atom. The van der Waals surface area contributed by atoms with Crippen LogP contribution in [0, 0.1) is 0 Å². The Labute approximate surface area is 85.8 Å². The van der Waals surface area contributed by atoms with Crippen LogP contribution >= 0.6 is 0 Å². The van der Waals surface area contributed by atoms with Crippen molar-refractivity contribution < 1.29 is 0 Å². The van der Waals surface area contributed by atoms with E-state index in [-0.39, 0.29) is 0 Å². The largest absolute Gasteiger partial charge is 0.307 e. The quantitative estimate of drug-likeness (QED) is 0.716. The van der Waals surface area contributed by atoms with Crippen LogP contribution < -0.4 is 5.32 Å². The van der Waals surface area contributed by atoms with Crippen LogP contribution in [0.3, 0.4) is 0 Å². The number of hydrogen-bond donors (Lipinski definition) is 1. The maximum Gasteiger partial charge on any atom is 0.0221 e. The van der Waals surface area contributed by atoms with Gasteiger partial charge in [-0.15, -0.1) is 6.58 Å². The second-order valence-corrected chi connectivity index (χ2v) is 4.06. The molecule has 2 rings (SSSR count). The van der Waals surface area contributed by atoms with Crippen LogP contribution in [-0.2, 0) is 12.8 Å². The molecule has 1 heteroatoms. The monoisotopic (exact) mass is 187 g/mol. The van der Waals surface area contributed by atoms with E-state index in [4.69, 9.17) is 0 Å².